The van der Waals surface area contributed by atoms with Crippen molar-refractivity contribution < 1.29 is 30.7 Å². The number of phenols is 1. The van der Waals surface area contributed by atoms with Crippen molar-refractivity contribution in [3.63, 3.8) is 0 Å². The summed E-state index contributed by atoms with van der Waals surface area (Å²) >= 11 is 0. The second-order valence-electron chi connectivity index (χ2n) is 11.5. The van der Waals surface area contributed by atoms with Crippen LogP contribution in [0.4, 0.5) is 0 Å². The van der Waals surface area contributed by atoms with Crippen molar-refractivity contribution >= 4 is 11.9 Å². The van der Waals surface area contributed by atoms with Crippen molar-refractivity contribution in [3.8, 4) is 34.0 Å². The third-order valence-corrected chi connectivity index (χ3v) is 7.90. The number of aromatic hydroxyl groups is 1. The number of aromatic nitrogens is 2. The van der Waals surface area contributed by atoms with E-state index in [1.807, 2.05) is 54.4 Å². The summed E-state index contributed by atoms with van der Waals surface area (Å²) in [7, 11) is 1.98. The molecule has 1 aromatic heterocycles. The van der Waals surface area contributed by atoms with Gasteiger partial charge < -0.3 is 9.67 Å². The van der Waals surface area contributed by atoms with Gasteiger partial charge in [0.1, 0.15) is 12.8 Å². The minimum Gasteiger partial charge on any atom is -0.507 e. The monoisotopic (exact) mass is 747 g/mol. The Kier molecular flexibility index (Phi) is 8.94. The first-order chi connectivity index (χ1) is 20.3. The molecule has 6 heteroatoms. The molecule has 1 N–H and O–H groups in total. The average molecular weight is 748 g/mol. The van der Waals surface area contributed by atoms with Gasteiger partial charge in [0.25, 0.3) is 6.17 Å². The van der Waals surface area contributed by atoms with E-state index in [1.165, 1.54) is 27.9 Å². The van der Waals surface area contributed by atoms with E-state index >= 15 is 0 Å². The summed E-state index contributed by atoms with van der Waals surface area (Å²) in [6.07, 6.45) is 5.66. The van der Waals surface area contributed by atoms with Gasteiger partial charge in [0.05, 0.1) is 17.1 Å². The molecule has 0 radical (unpaired) electrons. The molecule has 43 heavy (non-hydrogen) atoms. The van der Waals surface area contributed by atoms with Crippen LogP contribution >= 0.6 is 0 Å². The average Bonchev–Trinajstić information content (AvgIpc) is 3.64. The molecule has 1 unspecified atom stereocenters. The van der Waals surface area contributed by atoms with E-state index in [9.17, 15) is 5.11 Å². The van der Waals surface area contributed by atoms with Crippen molar-refractivity contribution in [2.45, 2.75) is 45.7 Å². The molecule has 1 atom stereocenters. The van der Waals surface area contributed by atoms with Crippen molar-refractivity contribution in [3.05, 3.63) is 126 Å². The van der Waals surface area contributed by atoms with Crippen LogP contribution in [0.3, 0.4) is 0 Å². The molecule has 4 aromatic carbocycles. The maximum absolute atomic E-state index is 10.4. The zero-order chi connectivity index (χ0) is 29.4. The van der Waals surface area contributed by atoms with Gasteiger partial charge in [-0.05, 0) is 58.4 Å². The fourth-order valence-electron chi connectivity index (χ4n) is 5.72. The minimum atomic E-state index is -0.287. The van der Waals surface area contributed by atoms with Gasteiger partial charge in [0.2, 0.25) is 0 Å². The number of para-hydroxylation sites is 1. The van der Waals surface area contributed by atoms with Gasteiger partial charge in [-0.2, -0.15) is 0 Å². The molecule has 0 bridgehead atoms. The first-order valence-electron chi connectivity index (χ1n) is 14.5. The summed E-state index contributed by atoms with van der Waals surface area (Å²) in [6.45, 7) is 9.03. The number of phenolic OH excluding ortho intramolecular Hbond substituents is 1. The van der Waals surface area contributed by atoms with E-state index in [1.54, 1.807) is 6.07 Å². The maximum atomic E-state index is 10.4. The normalized spacial score (nSPS) is 14.5. The zero-order valence-corrected chi connectivity index (χ0v) is 27.4. The van der Waals surface area contributed by atoms with Gasteiger partial charge in [-0.3, -0.25) is 4.98 Å². The number of rotatable bonds is 7. The molecule has 5 nitrogen and oxygen atoms in total. The minimum absolute atomic E-state index is 0. The van der Waals surface area contributed by atoms with Crippen LogP contribution in [0.2, 0.25) is 0 Å². The summed E-state index contributed by atoms with van der Waals surface area (Å²) < 4.78 is 4.25. The number of benzene rings is 4. The Bertz CT molecular complexity index is 1790. The van der Waals surface area contributed by atoms with Gasteiger partial charge in [-0.25, -0.2) is 9.57 Å². The molecule has 0 fully saturated rings. The Balaban J connectivity index is 0.00000368. The van der Waals surface area contributed by atoms with Crippen LogP contribution in [0.5, 0.6) is 5.75 Å². The fraction of sp³-hybridized carbons (Fsp3) is 0.216. The third-order valence-electron chi connectivity index (χ3n) is 7.90. The van der Waals surface area contributed by atoms with Crippen LogP contribution < -0.4 is 0 Å². The Labute approximate surface area is 268 Å². The molecule has 6 rings (SSSR count). The molecular weight excluding hydrogens is 712 g/mol. The van der Waals surface area contributed by atoms with Crippen molar-refractivity contribution in [1.29, 1.82) is 0 Å². The smallest absolute Gasteiger partial charge is 0.268 e. The Morgan fingerprint density at radius 3 is 2.14 bits per heavy atom. The van der Waals surface area contributed by atoms with Gasteiger partial charge in [0, 0.05) is 39.1 Å². The van der Waals surface area contributed by atoms with E-state index in [0.717, 1.165) is 28.2 Å². The van der Waals surface area contributed by atoms with Gasteiger partial charge in [-0.15, -0.1) is 24.3 Å². The molecule has 1 aliphatic rings. The van der Waals surface area contributed by atoms with Crippen LogP contribution in [0.15, 0.2) is 102 Å². The topological polar surface area (TPSA) is 53.4 Å². The maximum Gasteiger partial charge on any atom is 0.268 e. The van der Waals surface area contributed by atoms with E-state index in [-0.39, 0.29) is 33.0 Å². The Morgan fingerprint density at radius 1 is 0.814 bits per heavy atom. The summed E-state index contributed by atoms with van der Waals surface area (Å²) in [4.78, 5) is 9.79. The summed E-state index contributed by atoms with van der Waals surface area (Å²) in [5, 5.41) is 10.4. The van der Waals surface area contributed by atoms with Crippen LogP contribution in [0.25, 0.3) is 28.2 Å². The van der Waals surface area contributed by atoms with Crippen molar-refractivity contribution in [2.24, 2.45) is 4.99 Å². The standard InChI is InChI=1S/C37H36N4O.Pt/c1-24(2)31-21-29(26-12-7-6-8-13-26)22-32(25(3)4)35(31)41-19-18-38-36(41)28-15-11-14-27(20-28)33-23-40(5)37(39-33)30-16-9-10-17-34(30)42;/h6-19,21-25,37,42H,1-5H3;. The van der Waals surface area contributed by atoms with Crippen LogP contribution in [-0.4, -0.2) is 38.2 Å². The predicted molar refractivity (Wildman–Crippen MR) is 171 cm³/mol. The van der Waals surface area contributed by atoms with Gasteiger partial charge in [-0.1, -0.05) is 81.3 Å². The van der Waals surface area contributed by atoms with Crippen LogP contribution in [0.1, 0.15) is 68.0 Å². The summed E-state index contributed by atoms with van der Waals surface area (Å²) in [5.41, 5.74) is 9.61. The molecule has 0 spiro atoms. The largest absolute Gasteiger partial charge is 0.507 e. The van der Waals surface area contributed by atoms with Crippen molar-refractivity contribution in [1.82, 2.24) is 9.55 Å². The predicted octanol–water partition coefficient (Wildman–Crippen LogP) is 8.17. The zero-order valence-electron chi connectivity index (χ0n) is 25.1. The van der Waals surface area contributed by atoms with Gasteiger partial charge >= 0.3 is 0 Å². The molecule has 0 aliphatic carbocycles. The van der Waals surface area contributed by atoms with E-state index in [4.69, 9.17) is 9.98 Å². The molecular formula is C37H36N4OPt. The van der Waals surface area contributed by atoms with E-state index in [2.05, 4.69) is 93.1 Å². The van der Waals surface area contributed by atoms with Crippen molar-refractivity contribution in [2.75, 3.05) is 7.05 Å². The molecule has 220 valence electrons. The quantitative estimate of drug-likeness (QED) is 0.135. The third kappa shape index (κ3) is 5.92. The second-order valence-corrected chi connectivity index (χ2v) is 11.5. The number of hydrogen-bond acceptors (Lipinski definition) is 3. The molecule has 0 saturated heterocycles. The number of nitrogens with zero attached hydrogens (tertiary/aromatic N) is 4. The Hall–Kier alpha value is -4.08. The molecule has 0 saturated carbocycles. The Morgan fingerprint density at radius 2 is 1.47 bits per heavy atom. The van der Waals surface area contributed by atoms with Gasteiger partial charge in [0.15, 0.2) is 6.21 Å². The number of aliphatic imine (C=N–C) groups is 1. The number of imidazole rings is 1. The summed E-state index contributed by atoms with van der Waals surface area (Å²) in [5.74, 6) is 1.72. The summed E-state index contributed by atoms with van der Waals surface area (Å²) in [6, 6.07) is 32.4. The molecule has 1 aliphatic heterocycles. The van der Waals surface area contributed by atoms with Crippen LogP contribution in [0, 0.1) is 6.07 Å². The van der Waals surface area contributed by atoms with E-state index in [0.29, 0.717) is 11.8 Å². The first-order valence-corrected chi connectivity index (χ1v) is 14.5. The molecule has 0 amide bonds. The van der Waals surface area contributed by atoms with Crippen LogP contribution in [-0.2, 0) is 21.1 Å². The fourth-order valence-corrected chi connectivity index (χ4v) is 5.72. The second kappa shape index (κ2) is 12.6. The molecule has 5 aromatic rings. The first kappa shape index (κ1) is 30.4. The molecule has 2 heterocycles. The SMILES string of the molecule is CC(C)c1cc(-c2ccccc2)cc(C(C)C)c1-n1ccnc1-c1[c-]c(C2=NC(c3ccccc3O)[N+](C)=C2)ccc1.[Pt]. The van der Waals surface area contributed by atoms with E-state index < -0.39 is 0 Å². The number of hydrogen-bond donors (Lipinski definition) is 1.